The van der Waals surface area contributed by atoms with Gasteiger partial charge in [0.1, 0.15) is 0 Å². The molecule has 56 heavy (non-hydrogen) atoms. The van der Waals surface area contributed by atoms with E-state index in [1.807, 2.05) is 54.6 Å². The maximum absolute atomic E-state index is 5.33. The van der Waals surface area contributed by atoms with Gasteiger partial charge in [0.05, 0.1) is 33.8 Å². The van der Waals surface area contributed by atoms with Gasteiger partial charge in [-0.3, -0.25) is 0 Å². The van der Waals surface area contributed by atoms with Crippen molar-refractivity contribution in [2.75, 3.05) is 0 Å². The Morgan fingerprint density at radius 1 is 0.250 bits per heavy atom. The minimum absolute atomic E-state index is 0.708. The molecule has 3 heterocycles. The fraction of sp³-hybridized carbons (Fsp3) is 0. The van der Waals surface area contributed by atoms with Crippen molar-refractivity contribution in [3.8, 4) is 78.7 Å². The first-order valence-electron chi connectivity index (χ1n) is 18.8. The number of pyridine rings is 2. The van der Waals surface area contributed by atoms with Crippen molar-refractivity contribution >= 4 is 21.8 Å². The van der Waals surface area contributed by atoms with E-state index >= 15 is 0 Å². The molecule has 0 N–H and O–H groups in total. The quantitative estimate of drug-likeness (QED) is 0.154. The van der Waals surface area contributed by atoms with Crippen molar-refractivity contribution in [3.63, 3.8) is 0 Å². The Morgan fingerprint density at radius 3 is 1.21 bits per heavy atom. The topological polar surface area (TPSA) is 51.6 Å². The molecule has 10 aromatic rings. The predicted octanol–water partition coefficient (Wildman–Crippen LogP) is 13.2. The van der Waals surface area contributed by atoms with Crippen molar-refractivity contribution in [1.82, 2.24) is 19.9 Å². The van der Waals surface area contributed by atoms with Gasteiger partial charge >= 0.3 is 0 Å². The molecule has 262 valence electrons. The molecule has 3 aromatic heterocycles. The summed E-state index contributed by atoms with van der Waals surface area (Å²) < 4.78 is 0. The van der Waals surface area contributed by atoms with E-state index < -0.39 is 0 Å². The molecule has 0 bridgehead atoms. The molecule has 0 aliphatic heterocycles. The average molecular weight is 715 g/mol. The van der Waals surface area contributed by atoms with Crippen molar-refractivity contribution in [2.24, 2.45) is 0 Å². The van der Waals surface area contributed by atoms with E-state index in [4.69, 9.17) is 19.9 Å². The van der Waals surface area contributed by atoms with E-state index in [2.05, 4.69) is 152 Å². The molecule has 0 amide bonds. The van der Waals surface area contributed by atoms with Crippen LogP contribution < -0.4 is 0 Å². The third-order valence-electron chi connectivity index (χ3n) is 10.3. The van der Waals surface area contributed by atoms with Gasteiger partial charge in [0.2, 0.25) is 0 Å². The zero-order valence-corrected chi connectivity index (χ0v) is 30.4. The number of benzene rings is 7. The van der Waals surface area contributed by atoms with Crippen molar-refractivity contribution in [3.05, 3.63) is 206 Å². The molecular formula is C52H34N4. The summed E-state index contributed by atoms with van der Waals surface area (Å²) in [6.45, 7) is 0. The lowest BCUT2D eigenvalue weighted by atomic mass is 9.96. The second-order valence-electron chi connectivity index (χ2n) is 13.9. The maximum atomic E-state index is 5.33. The predicted molar refractivity (Wildman–Crippen MR) is 231 cm³/mol. The van der Waals surface area contributed by atoms with Gasteiger partial charge in [-0.2, -0.15) is 0 Å². The lowest BCUT2D eigenvalue weighted by Gasteiger charge is -2.13. The van der Waals surface area contributed by atoms with Crippen LogP contribution in [0.15, 0.2) is 206 Å². The lowest BCUT2D eigenvalue weighted by molar-refractivity contribution is 1.18. The molecule has 0 aliphatic rings. The highest BCUT2D eigenvalue weighted by Gasteiger charge is 2.15. The summed E-state index contributed by atoms with van der Waals surface area (Å²) in [5.41, 5.74) is 15.2. The second kappa shape index (κ2) is 14.3. The molecule has 4 heteroatoms. The highest BCUT2D eigenvalue weighted by atomic mass is 14.9. The Hall–Kier alpha value is -7.56. The van der Waals surface area contributed by atoms with Crippen LogP contribution in [0.25, 0.3) is 100 Å². The number of aromatic nitrogens is 4. The summed E-state index contributed by atoms with van der Waals surface area (Å²) in [4.78, 5) is 20.5. The van der Waals surface area contributed by atoms with Gasteiger partial charge in [-0.1, -0.05) is 188 Å². The van der Waals surface area contributed by atoms with E-state index in [1.165, 1.54) is 0 Å². The largest absolute Gasteiger partial charge is 0.245 e. The average Bonchev–Trinajstić information content (AvgIpc) is 3.29. The molecule has 7 aromatic carbocycles. The number of hydrogen-bond acceptors (Lipinski definition) is 4. The van der Waals surface area contributed by atoms with Crippen LogP contribution in [0.4, 0.5) is 0 Å². The molecule has 0 spiro atoms. The molecule has 0 fully saturated rings. The monoisotopic (exact) mass is 714 g/mol. The fourth-order valence-electron chi connectivity index (χ4n) is 7.38. The van der Waals surface area contributed by atoms with E-state index in [1.54, 1.807) is 0 Å². The van der Waals surface area contributed by atoms with Gasteiger partial charge in [-0.15, -0.1) is 0 Å². The smallest absolute Gasteiger partial charge is 0.160 e. The van der Waals surface area contributed by atoms with Crippen molar-refractivity contribution < 1.29 is 0 Å². The molecule has 0 saturated heterocycles. The molecule has 0 aliphatic carbocycles. The summed E-state index contributed by atoms with van der Waals surface area (Å²) >= 11 is 0. The van der Waals surface area contributed by atoms with Crippen LogP contribution in [0, 0.1) is 0 Å². The lowest BCUT2D eigenvalue weighted by Crippen LogP contribution is -1.95. The number of fused-ring (bicyclic) bond motifs is 3. The molecule has 0 saturated carbocycles. The summed E-state index contributed by atoms with van der Waals surface area (Å²) in [5.74, 6) is 0.708. The van der Waals surface area contributed by atoms with Crippen LogP contribution in [-0.2, 0) is 0 Å². The molecule has 10 rings (SSSR count). The van der Waals surface area contributed by atoms with E-state index in [0.717, 1.165) is 94.7 Å². The van der Waals surface area contributed by atoms with Crippen LogP contribution in [0.2, 0.25) is 0 Å². The molecular weight excluding hydrogens is 681 g/mol. The number of hydrogen-bond donors (Lipinski definition) is 0. The fourth-order valence-corrected chi connectivity index (χ4v) is 7.38. The molecule has 4 nitrogen and oxygen atoms in total. The Balaban J connectivity index is 1.02. The third kappa shape index (κ3) is 6.40. The Labute approximate surface area is 325 Å². The molecule has 0 radical (unpaired) electrons. The van der Waals surface area contributed by atoms with Crippen LogP contribution in [0.3, 0.4) is 0 Å². The van der Waals surface area contributed by atoms with Crippen molar-refractivity contribution in [1.29, 1.82) is 0 Å². The first-order chi connectivity index (χ1) is 27.7. The maximum Gasteiger partial charge on any atom is 0.160 e. The van der Waals surface area contributed by atoms with Gasteiger partial charge in [0.25, 0.3) is 0 Å². The van der Waals surface area contributed by atoms with Crippen molar-refractivity contribution in [2.45, 2.75) is 0 Å². The first kappa shape index (κ1) is 33.0. The number of nitrogens with zero attached hydrogens (tertiary/aromatic N) is 4. The standard InChI is InChI=1S/C52H34N4/c1-5-13-37(14-6-1)45-33-47(54-51-44(45)31-29-42-30-32-46(53-50(42)51)38-15-7-2-8-16-38)40-25-21-35(22-26-40)36-23-27-41(28-24-36)49-34-48(39-17-9-3-10-18-39)55-52(56-49)43-19-11-4-12-20-43/h1-34H. The van der Waals surface area contributed by atoms with Gasteiger partial charge in [0.15, 0.2) is 5.82 Å². The Kier molecular flexibility index (Phi) is 8.47. The van der Waals surface area contributed by atoms with Crippen LogP contribution >= 0.6 is 0 Å². The Morgan fingerprint density at radius 2 is 0.661 bits per heavy atom. The van der Waals surface area contributed by atoms with Gasteiger partial charge in [-0.05, 0) is 40.5 Å². The molecule has 0 atom stereocenters. The normalized spacial score (nSPS) is 11.2. The number of rotatable bonds is 7. The SMILES string of the molecule is c1ccc(-c2cc(-c3ccc(-c4ccc(-c5cc(-c6ccccc6)c6ccc7ccc(-c8ccccc8)nc7c6n5)cc4)cc3)nc(-c3ccccc3)n2)cc1. The van der Waals surface area contributed by atoms with E-state index in [-0.39, 0.29) is 0 Å². The summed E-state index contributed by atoms with van der Waals surface area (Å²) in [7, 11) is 0. The summed E-state index contributed by atoms with van der Waals surface area (Å²) in [5, 5.41) is 2.14. The van der Waals surface area contributed by atoms with E-state index in [0.29, 0.717) is 5.82 Å². The zero-order valence-electron chi connectivity index (χ0n) is 30.4. The first-order valence-corrected chi connectivity index (χ1v) is 18.8. The minimum atomic E-state index is 0.708. The highest BCUT2D eigenvalue weighted by molar-refractivity contribution is 6.09. The van der Waals surface area contributed by atoms with Gasteiger partial charge < -0.3 is 0 Å². The Bertz CT molecular complexity index is 2910. The third-order valence-corrected chi connectivity index (χ3v) is 10.3. The van der Waals surface area contributed by atoms with Crippen LogP contribution in [-0.4, -0.2) is 19.9 Å². The summed E-state index contributed by atoms with van der Waals surface area (Å²) in [6.07, 6.45) is 0. The second-order valence-corrected chi connectivity index (χ2v) is 13.9. The molecule has 0 unspecified atom stereocenters. The highest BCUT2D eigenvalue weighted by Crippen LogP contribution is 2.37. The van der Waals surface area contributed by atoms with E-state index in [9.17, 15) is 0 Å². The zero-order chi connectivity index (χ0) is 37.3. The van der Waals surface area contributed by atoms with Crippen LogP contribution in [0.1, 0.15) is 0 Å². The van der Waals surface area contributed by atoms with Gasteiger partial charge in [-0.25, -0.2) is 19.9 Å². The van der Waals surface area contributed by atoms with Gasteiger partial charge in [0, 0.05) is 38.6 Å². The summed E-state index contributed by atoms with van der Waals surface area (Å²) in [6, 6.07) is 71.5. The minimum Gasteiger partial charge on any atom is -0.245 e. The van der Waals surface area contributed by atoms with Crippen LogP contribution in [0.5, 0.6) is 0 Å².